The van der Waals surface area contributed by atoms with Gasteiger partial charge in [0.1, 0.15) is 5.60 Å². The average Bonchev–Trinajstić information content (AvgIpc) is 3.16. The van der Waals surface area contributed by atoms with Crippen LogP contribution in [0.25, 0.3) is 22.2 Å². The third-order valence-electron chi connectivity index (χ3n) is 4.72. The highest BCUT2D eigenvalue weighted by molar-refractivity contribution is 5.90. The first-order valence-corrected chi connectivity index (χ1v) is 11.8. The summed E-state index contributed by atoms with van der Waals surface area (Å²) in [6.45, 7) is 13.6. The molecular formula is C25H35N7O4. The molecule has 36 heavy (non-hydrogen) atoms. The van der Waals surface area contributed by atoms with Crippen LogP contribution >= 0.6 is 0 Å². The van der Waals surface area contributed by atoms with Gasteiger partial charge in [-0.25, -0.2) is 24.5 Å². The number of imidazole rings is 1. The molecule has 0 saturated carbocycles. The van der Waals surface area contributed by atoms with Gasteiger partial charge >= 0.3 is 12.0 Å². The molecule has 0 fully saturated rings. The van der Waals surface area contributed by atoms with Crippen molar-refractivity contribution in [1.82, 2.24) is 25.3 Å². The number of hydrogen-bond acceptors (Lipinski definition) is 8. The summed E-state index contributed by atoms with van der Waals surface area (Å²) in [5, 5.41) is 8.35. The highest BCUT2D eigenvalue weighted by Crippen LogP contribution is 2.24. The maximum atomic E-state index is 12.7. The van der Waals surface area contributed by atoms with Crippen LogP contribution in [0.4, 0.5) is 16.7 Å². The summed E-state index contributed by atoms with van der Waals surface area (Å²) >= 11 is 0. The molecule has 11 heteroatoms. The van der Waals surface area contributed by atoms with Gasteiger partial charge in [0.25, 0.3) is 0 Å². The van der Waals surface area contributed by atoms with Crippen LogP contribution < -0.4 is 16.0 Å². The number of anilines is 2. The predicted molar refractivity (Wildman–Crippen MR) is 139 cm³/mol. The molecule has 1 aromatic carbocycles. The Labute approximate surface area is 210 Å². The first-order valence-electron chi connectivity index (χ1n) is 11.8. The summed E-state index contributed by atoms with van der Waals surface area (Å²) in [7, 11) is 0. The molecule has 1 atom stereocenters. The lowest BCUT2D eigenvalue weighted by Crippen LogP contribution is -2.41. The maximum Gasteiger partial charge on any atom is 0.331 e. The smallest absolute Gasteiger partial charge is 0.331 e. The zero-order chi connectivity index (χ0) is 26.5. The zero-order valence-corrected chi connectivity index (χ0v) is 21.9. The highest BCUT2D eigenvalue weighted by Gasteiger charge is 2.28. The van der Waals surface area contributed by atoms with E-state index in [2.05, 4.69) is 35.9 Å². The second-order valence-electron chi connectivity index (χ2n) is 10.3. The van der Waals surface area contributed by atoms with Crippen molar-refractivity contribution in [1.29, 1.82) is 0 Å². The van der Waals surface area contributed by atoms with Gasteiger partial charge in [-0.2, -0.15) is 0 Å². The van der Waals surface area contributed by atoms with E-state index >= 15 is 0 Å². The molecule has 2 amide bonds. The molecule has 0 saturated heterocycles. The van der Waals surface area contributed by atoms with Crippen molar-refractivity contribution in [2.45, 2.75) is 65.7 Å². The Hall–Kier alpha value is -3.73. The molecule has 0 aliphatic carbocycles. The van der Waals surface area contributed by atoms with Crippen LogP contribution in [0.1, 0.15) is 48.5 Å². The Balaban J connectivity index is 1.74. The third-order valence-corrected chi connectivity index (χ3v) is 4.72. The highest BCUT2D eigenvalue weighted by atomic mass is 16.6. The molecule has 11 nitrogen and oxygen atoms in total. The van der Waals surface area contributed by atoms with Crippen LogP contribution in [0.5, 0.6) is 0 Å². The number of rotatable bonds is 8. The van der Waals surface area contributed by atoms with Gasteiger partial charge in [-0.05, 0) is 66.2 Å². The maximum absolute atomic E-state index is 12.7. The van der Waals surface area contributed by atoms with Crippen LogP contribution in [0.3, 0.4) is 0 Å². The predicted octanol–water partition coefficient (Wildman–Crippen LogP) is 4.10. The molecule has 2 aromatic heterocycles. The number of benzene rings is 1. The van der Waals surface area contributed by atoms with Crippen molar-refractivity contribution in [2.75, 3.05) is 23.8 Å². The van der Waals surface area contributed by atoms with Crippen molar-refractivity contribution in [3.8, 4) is 11.1 Å². The normalized spacial score (nSPS) is 12.8. The van der Waals surface area contributed by atoms with Gasteiger partial charge in [0.05, 0.1) is 23.2 Å². The fourth-order valence-corrected chi connectivity index (χ4v) is 3.14. The van der Waals surface area contributed by atoms with E-state index in [0.717, 1.165) is 16.6 Å². The number of esters is 1. The Kier molecular flexibility index (Phi) is 8.13. The van der Waals surface area contributed by atoms with Crippen molar-refractivity contribution < 1.29 is 19.1 Å². The summed E-state index contributed by atoms with van der Waals surface area (Å²) in [5.41, 5.74) is 2.03. The Morgan fingerprint density at radius 1 is 1.03 bits per heavy atom. The monoisotopic (exact) mass is 497 g/mol. The molecular weight excluding hydrogens is 462 g/mol. The molecule has 3 aromatic rings. The molecule has 194 valence electrons. The number of fused-ring (bicyclic) bond motifs is 1. The first-order chi connectivity index (χ1) is 16.8. The number of nitrogens with zero attached hydrogens (tertiary/aromatic N) is 3. The van der Waals surface area contributed by atoms with E-state index in [1.165, 1.54) is 0 Å². The minimum absolute atomic E-state index is 0.103. The summed E-state index contributed by atoms with van der Waals surface area (Å²) < 4.78 is 11.3. The largest absolute Gasteiger partial charge is 0.458 e. The third kappa shape index (κ3) is 7.91. The molecule has 4 N–H and O–H groups in total. The molecule has 0 aliphatic rings. The SMILES string of the molecule is CCNC(=O)Nc1nc2cc(-c3cnc(NC(COC(C)(C)C)C(=O)OC(C)(C)C)nc3)ccc2[nH]1. The zero-order valence-electron chi connectivity index (χ0n) is 21.9. The molecule has 0 radical (unpaired) electrons. The van der Waals surface area contributed by atoms with E-state index in [1.54, 1.807) is 12.4 Å². The number of amides is 2. The lowest BCUT2D eigenvalue weighted by Gasteiger charge is -2.27. The number of aromatic nitrogens is 4. The number of carbonyl (C=O) groups is 2. The van der Waals surface area contributed by atoms with E-state index in [4.69, 9.17) is 9.47 Å². The number of aromatic amines is 1. The van der Waals surface area contributed by atoms with E-state index in [-0.39, 0.29) is 18.6 Å². The molecule has 3 rings (SSSR count). The van der Waals surface area contributed by atoms with E-state index in [0.29, 0.717) is 18.0 Å². The van der Waals surface area contributed by atoms with Gasteiger partial charge in [0.15, 0.2) is 6.04 Å². The van der Waals surface area contributed by atoms with Crippen molar-refractivity contribution in [2.24, 2.45) is 0 Å². The van der Waals surface area contributed by atoms with Crippen LogP contribution in [-0.4, -0.2) is 62.3 Å². The lowest BCUT2D eigenvalue weighted by atomic mass is 10.1. The Bertz CT molecular complexity index is 1190. The lowest BCUT2D eigenvalue weighted by molar-refractivity contribution is -0.158. The van der Waals surface area contributed by atoms with Crippen LogP contribution in [0.15, 0.2) is 30.6 Å². The Morgan fingerprint density at radius 3 is 2.33 bits per heavy atom. The standard InChI is InChI=1S/C25H35N7O4/c1-8-26-23(34)32-22-29-17-10-9-15(11-18(17)30-22)16-12-27-21(28-13-16)31-19(14-35-24(2,3)4)20(33)36-25(5,6)7/h9-13,19H,8,14H2,1-7H3,(H,27,28,31)(H3,26,29,30,32,34). The van der Waals surface area contributed by atoms with Crippen LogP contribution in [0.2, 0.25) is 0 Å². The minimum Gasteiger partial charge on any atom is -0.458 e. The van der Waals surface area contributed by atoms with Gasteiger partial charge in [-0.15, -0.1) is 0 Å². The number of H-pyrrole nitrogens is 1. The van der Waals surface area contributed by atoms with Gasteiger partial charge < -0.3 is 25.1 Å². The fraction of sp³-hybridized carbons (Fsp3) is 0.480. The number of hydrogen-bond donors (Lipinski definition) is 4. The topological polar surface area (TPSA) is 143 Å². The first kappa shape index (κ1) is 26.9. The quantitative estimate of drug-likeness (QED) is 0.341. The Morgan fingerprint density at radius 2 is 1.72 bits per heavy atom. The van der Waals surface area contributed by atoms with Gasteiger partial charge in [0.2, 0.25) is 11.9 Å². The van der Waals surface area contributed by atoms with E-state index in [1.807, 2.05) is 66.7 Å². The van der Waals surface area contributed by atoms with Gasteiger partial charge in [-0.1, -0.05) is 6.07 Å². The molecule has 0 aliphatic heterocycles. The molecule has 0 spiro atoms. The minimum atomic E-state index is -0.773. The number of urea groups is 1. The number of carbonyl (C=O) groups excluding carboxylic acids is 2. The fourth-order valence-electron chi connectivity index (χ4n) is 3.14. The summed E-state index contributed by atoms with van der Waals surface area (Å²) in [4.78, 5) is 40.7. The van der Waals surface area contributed by atoms with Crippen molar-refractivity contribution >= 4 is 34.9 Å². The molecule has 1 unspecified atom stereocenters. The number of nitrogens with one attached hydrogen (secondary N) is 4. The average molecular weight is 498 g/mol. The van der Waals surface area contributed by atoms with Gasteiger partial charge in [-0.3, -0.25) is 5.32 Å². The summed E-state index contributed by atoms with van der Waals surface area (Å²) in [6, 6.07) is 4.55. The van der Waals surface area contributed by atoms with Crippen LogP contribution in [-0.2, 0) is 14.3 Å². The molecule has 2 heterocycles. The van der Waals surface area contributed by atoms with Gasteiger partial charge in [0, 0.05) is 24.5 Å². The van der Waals surface area contributed by atoms with Crippen molar-refractivity contribution in [3.05, 3.63) is 30.6 Å². The second-order valence-corrected chi connectivity index (χ2v) is 10.3. The van der Waals surface area contributed by atoms with E-state index in [9.17, 15) is 9.59 Å². The van der Waals surface area contributed by atoms with E-state index < -0.39 is 23.2 Å². The number of ether oxygens (including phenoxy) is 2. The van der Waals surface area contributed by atoms with Crippen LogP contribution in [0, 0.1) is 0 Å². The second kappa shape index (κ2) is 10.9. The summed E-state index contributed by atoms with van der Waals surface area (Å²) in [6.07, 6.45) is 3.32. The van der Waals surface area contributed by atoms with Crippen molar-refractivity contribution in [3.63, 3.8) is 0 Å². The summed E-state index contributed by atoms with van der Waals surface area (Å²) in [5.74, 6) is 0.191. The molecule has 0 bridgehead atoms.